The van der Waals surface area contributed by atoms with Crippen LogP contribution in [-0.2, 0) is 81.7 Å². The Kier molecular flexibility index (Phi) is 19.0. The molecule has 490 valence electrons. The number of aromatic nitrogens is 2. The minimum absolute atomic E-state index is 0.00739. The SMILES string of the molecule is CN1C(=O)C(c2cn(C[C@H]3[C@H]4OC(C)(C)O[C@@H]4[C@@H](NS(=O)(=O)CC[Si](C)(C)C)CN3S(=O)(=O)CC[Si](C)(C)C)c3ccccc23)=C(c2cn(C[C@H]3[C@H]4OC(C)(C)O[C@@H]4[C@@H](NS(=O)(=O)CC[Si](C)(C)C)CN3S(=O)(=O)CC[Si](C)(C)C)c3ccccc23)C1=O. The van der Waals surface area contributed by atoms with Crippen molar-refractivity contribution in [2.45, 2.75) is 204 Å². The van der Waals surface area contributed by atoms with Gasteiger partial charge in [-0.25, -0.2) is 43.1 Å². The summed E-state index contributed by atoms with van der Waals surface area (Å²) < 4.78 is 154. The van der Waals surface area contributed by atoms with E-state index in [1.54, 1.807) is 40.1 Å². The highest BCUT2D eigenvalue weighted by Crippen LogP contribution is 2.45. The molecule has 4 fully saturated rings. The predicted molar refractivity (Wildman–Crippen MR) is 359 cm³/mol. The van der Waals surface area contributed by atoms with Crippen LogP contribution in [0.15, 0.2) is 60.9 Å². The topological polar surface area (TPSA) is 251 Å². The Morgan fingerprint density at radius 2 is 0.784 bits per heavy atom. The summed E-state index contributed by atoms with van der Waals surface area (Å²) in [6.07, 6.45) is -0.106. The van der Waals surface area contributed by atoms with Gasteiger partial charge in [0.05, 0.1) is 58.3 Å². The van der Waals surface area contributed by atoms with E-state index < -0.39 is 144 Å². The number of piperidine rings is 2. The fourth-order valence-electron chi connectivity index (χ4n) is 12.6. The molecule has 29 heteroatoms. The summed E-state index contributed by atoms with van der Waals surface area (Å²) in [6, 6.07) is 12.9. The van der Waals surface area contributed by atoms with Gasteiger partial charge in [-0.15, -0.1) is 0 Å². The number of imide groups is 1. The van der Waals surface area contributed by atoms with Crippen molar-refractivity contribution in [2.24, 2.45) is 0 Å². The molecule has 0 saturated carbocycles. The zero-order chi connectivity index (χ0) is 65.1. The number of fused-ring (bicyclic) bond motifs is 4. The normalized spacial score (nSPS) is 26.3. The van der Waals surface area contributed by atoms with Gasteiger partial charge in [0.25, 0.3) is 11.8 Å². The lowest BCUT2D eigenvalue weighted by molar-refractivity contribution is -0.149. The minimum Gasteiger partial charge on any atom is -0.345 e. The second kappa shape index (κ2) is 24.3. The van der Waals surface area contributed by atoms with Crippen LogP contribution in [0.4, 0.5) is 0 Å². The predicted octanol–water partition coefficient (Wildman–Crippen LogP) is 7.50. The fraction of sp³-hybridized carbons (Fsp3) is 0.661. The number of ether oxygens (including phenoxy) is 4. The van der Waals surface area contributed by atoms with Crippen LogP contribution < -0.4 is 9.44 Å². The number of hydrogen-bond donors (Lipinski definition) is 2. The van der Waals surface area contributed by atoms with E-state index in [9.17, 15) is 16.8 Å². The first kappa shape index (κ1) is 69.1. The average molecular weight is 1370 g/mol. The minimum atomic E-state index is -4.10. The molecule has 9 rings (SSSR count). The van der Waals surface area contributed by atoms with Gasteiger partial charge >= 0.3 is 0 Å². The lowest BCUT2D eigenvalue weighted by Gasteiger charge is -2.44. The van der Waals surface area contributed by atoms with Crippen LogP contribution in [0, 0.1) is 0 Å². The van der Waals surface area contributed by atoms with Crippen LogP contribution in [0.3, 0.4) is 0 Å². The van der Waals surface area contributed by atoms with E-state index in [0.29, 0.717) is 57.1 Å². The zero-order valence-electron chi connectivity index (χ0n) is 54.5. The molecule has 4 aromatic rings. The zero-order valence-corrected chi connectivity index (χ0v) is 61.7. The van der Waals surface area contributed by atoms with E-state index in [4.69, 9.17) is 18.9 Å². The number of hydrogen-bond acceptors (Lipinski definition) is 14. The molecular formula is C59H95N7O14S4Si4. The van der Waals surface area contributed by atoms with E-state index in [1.165, 1.54) is 15.7 Å². The number of amides is 2. The maximum atomic E-state index is 15.0. The van der Waals surface area contributed by atoms with Crippen molar-refractivity contribution in [2.75, 3.05) is 43.1 Å². The van der Waals surface area contributed by atoms with Gasteiger partial charge in [0.15, 0.2) is 11.6 Å². The second-order valence-corrected chi connectivity index (χ2v) is 61.0. The highest BCUT2D eigenvalue weighted by molar-refractivity contribution is 7.90. The number of sulfonamides is 4. The van der Waals surface area contributed by atoms with Gasteiger partial charge in [-0.1, -0.05) is 115 Å². The van der Waals surface area contributed by atoms with Crippen LogP contribution in [0.1, 0.15) is 38.8 Å². The quantitative estimate of drug-likeness (QED) is 0.0509. The largest absolute Gasteiger partial charge is 0.345 e. The molecule has 88 heavy (non-hydrogen) atoms. The molecule has 5 aliphatic rings. The number of carbonyl (C=O) groups excluding carboxylic acids is 2. The number of nitrogens with one attached hydrogen (secondary N) is 2. The van der Waals surface area contributed by atoms with Crippen molar-refractivity contribution < 1.29 is 62.2 Å². The van der Waals surface area contributed by atoms with Gasteiger partial charge in [-0.2, -0.15) is 8.61 Å². The number of carbonyl (C=O) groups is 2. The van der Waals surface area contributed by atoms with E-state index >= 15 is 26.4 Å². The van der Waals surface area contributed by atoms with Crippen molar-refractivity contribution in [1.29, 1.82) is 0 Å². The third kappa shape index (κ3) is 15.5. The first-order valence-corrected chi connectivity index (χ1v) is 52.0. The van der Waals surface area contributed by atoms with Gasteiger partial charge in [0, 0.05) is 111 Å². The molecule has 2 aromatic heterocycles. The Bertz CT molecular complexity index is 3600. The lowest BCUT2D eigenvalue weighted by atomic mass is 9.94. The third-order valence-electron chi connectivity index (χ3n) is 17.4. The molecule has 0 unspecified atom stereocenters. The Labute approximate surface area is 526 Å². The second-order valence-electron chi connectivity index (χ2n) is 30.7. The summed E-state index contributed by atoms with van der Waals surface area (Å²) in [4.78, 5) is 31.1. The van der Waals surface area contributed by atoms with Gasteiger partial charge in [0.2, 0.25) is 40.1 Å². The maximum absolute atomic E-state index is 15.0. The molecule has 2 aromatic carbocycles. The molecule has 0 bridgehead atoms. The Hall–Kier alpha value is -3.25. The van der Waals surface area contributed by atoms with Crippen LogP contribution in [0.25, 0.3) is 33.0 Å². The maximum Gasteiger partial charge on any atom is 0.261 e. The molecule has 4 saturated heterocycles. The Morgan fingerprint density at radius 1 is 0.477 bits per heavy atom. The summed E-state index contributed by atoms with van der Waals surface area (Å²) >= 11 is 0. The lowest BCUT2D eigenvalue weighted by Crippen LogP contribution is -2.67. The molecule has 8 atom stereocenters. The summed E-state index contributed by atoms with van der Waals surface area (Å²) in [5, 5.41) is 1.21. The van der Waals surface area contributed by atoms with Crippen molar-refractivity contribution in [3.05, 3.63) is 72.1 Å². The third-order valence-corrected chi connectivity index (χ3v) is 32.3. The molecule has 5 aliphatic heterocycles. The highest BCUT2D eigenvalue weighted by atomic mass is 32.2. The number of para-hydroxylation sites is 2. The first-order chi connectivity index (χ1) is 40.2. The standard InChI is InChI=1S/C59H95N7O14S4Si4/c1-58(2)77-52-44(60-81(69,70)26-30-85(6,7)8)36-65(83(73,74)28-32-87(12,13)14)48(54(52)79-58)38-63-34-42(40-22-18-20-24-46(40)63)50-51(57(68)62(5)56(50)67)43-35-64(47-25-21-19-23-41(43)47)39-49-55-53(78-59(3,4)80-55)45(61-82(71,72)27-31-86(9,10)11)37-66(49)84(75,76)29-33-88(15,16)17/h18-25,34-35,44-45,48-49,52-55,60-61H,26-33,36-39H2,1-17H3/t44-,45-,48-,49-,52+,53+,54+,55+/m0/s1. The van der Waals surface area contributed by atoms with E-state index in [-0.39, 0.29) is 60.3 Å². The number of rotatable bonds is 24. The van der Waals surface area contributed by atoms with Gasteiger partial charge in [-0.05, 0) is 64.0 Å². The Morgan fingerprint density at radius 3 is 1.11 bits per heavy atom. The van der Waals surface area contributed by atoms with Gasteiger partial charge in [-0.3, -0.25) is 14.5 Å². The molecule has 2 amide bonds. The van der Waals surface area contributed by atoms with Crippen LogP contribution in [-0.4, -0.2) is 204 Å². The smallest absolute Gasteiger partial charge is 0.261 e. The number of nitrogens with zero attached hydrogens (tertiary/aromatic N) is 5. The summed E-state index contributed by atoms with van der Waals surface area (Å²) in [7, 11) is -22.0. The van der Waals surface area contributed by atoms with Crippen molar-refractivity contribution in [1.82, 2.24) is 32.1 Å². The van der Waals surface area contributed by atoms with Gasteiger partial charge in [0.1, 0.15) is 24.4 Å². The van der Waals surface area contributed by atoms with E-state index in [1.807, 2.05) is 57.7 Å². The molecule has 0 spiro atoms. The van der Waals surface area contributed by atoms with Crippen molar-refractivity contribution in [3.63, 3.8) is 0 Å². The van der Waals surface area contributed by atoms with Crippen LogP contribution in [0.2, 0.25) is 103 Å². The van der Waals surface area contributed by atoms with E-state index in [2.05, 4.69) is 88.0 Å². The van der Waals surface area contributed by atoms with Crippen LogP contribution in [0.5, 0.6) is 0 Å². The molecule has 7 heterocycles. The molecule has 21 nitrogen and oxygen atoms in total. The number of benzene rings is 2. The average Bonchev–Trinajstić information content (AvgIpc) is 1.54. The molecule has 0 radical (unpaired) electrons. The highest BCUT2D eigenvalue weighted by Gasteiger charge is 2.59. The Balaban J connectivity index is 1.15. The van der Waals surface area contributed by atoms with Crippen molar-refractivity contribution >= 4 is 117 Å². The summed E-state index contributed by atoms with van der Waals surface area (Å²) in [5.74, 6) is -4.13. The van der Waals surface area contributed by atoms with Crippen molar-refractivity contribution in [3.8, 4) is 0 Å². The summed E-state index contributed by atoms with van der Waals surface area (Å²) in [6.45, 7) is 31.7. The first-order valence-electron chi connectivity index (χ1n) is 30.7. The van der Waals surface area contributed by atoms with E-state index in [0.717, 1.165) is 4.90 Å². The van der Waals surface area contributed by atoms with Gasteiger partial charge < -0.3 is 28.1 Å². The summed E-state index contributed by atoms with van der Waals surface area (Å²) in [5.41, 5.74) is 2.29. The molecular weight excluding hydrogens is 1270 g/mol. The monoisotopic (exact) mass is 1370 g/mol. The molecule has 2 N–H and O–H groups in total. The fourth-order valence-corrected chi connectivity index (χ4v) is 30.6. The molecule has 0 aliphatic carbocycles. The van der Waals surface area contributed by atoms with Crippen LogP contribution >= 0.6 is 0 Å². The number of likely N-dealkylation sites (N-methyl/N-ethyl adjacent to an activating group) is 1.